The minimum Gasteiger partial charge on any atom is -0.479 e. The molecule has 4 nitrogen and oxygen atoms in total. The van der Waals surface area contributed by atoms with Gasteiger partial charge in [-0.15, -0.1) is 0 Å². The molecular weight excluding hydrogens is 148 g/mol. The number of ether oxygens (including phenoxy) is 1. The summed E-state index contributed by atoms with van der Waals surface area (Å²) in [7, 11) is 0. The number of carbonyl (C=O) groups is 1. The molecule has 0 saturated carbocycles. The summed E-state index contributed by atoms with van der Waals surface area (Å²) in [5.74, 6) is -0.939. The molecule has 0 fully saturated rings. The van der Waals surface area contributed by atoms with Gasteiger partial charge in [0.05, 0.1) is 0 Å². The lowest BCUT2D eigenvalue weighted by Gasteiger charge is -2.09. The van der Waals surface area contributed by atoms with Crippen molar-refractivity contribution in [2.75, 3.05) is 13.2 Å². The first-order valence-electron chi connectivity index (χ1n) is 3.67. The fraction of sp³-hybridized carbons (Fsp3) is 0.857. The van der Waals surface area contributed by atoms with Crippen LogP contribution in [0.1, 0.15) is 19.8 Å². The number of hydrogen-bond donors (Lipinski definition) is 2. The van der Waals surface area contributed by atoms with Crippen molar-refractivity contribution in [2.24, 2.45) is 0 Å². The van der Waals surface area contributed by atoms with Crippen LogP contribution >= 0.6 is 0 Å². The predicted octanol–water partition coefficient (Wildman–Crippen LogP) is 0.249. The van der Waals surface area contributed by atoms with Crippen molar-refractivity contribution in [1.29, 1.82) is 0 Å². The molecule has 4 heteroatoms. The van der Waals surface area contributed by atoms with Crippen molar-refractivity contribution in [3.63, 3.8) is 0 Å². The van der Waals surface area contributed by atoms with Crippen molar-refractivity contribution < 1.29 is 19.7 Å². The number of rotatable bonds is 6. The van der Waals surface area contributed by atoms with Crippen molar-refractivity contribution in [3.05, 3.63) is 0 Å². The zero-order valence-electron chi connectivity index (χ0n) is 6.62. The van der Waals surface area contributed by atoms with Gasteiger partial charge in [0.1, 0.15) is 0 Å². The van der Waals surface area contributed by atoms with E-state index in [0.29, 0.717) is 19.4 Å². The third-order valence-electron chi connectivity index (χ3n) is 1.27. The lowest BCUT2D eigenvalue weighted by Crippen LogP contribution is -2.23. The molecule has 1 unspecified atom stereocenters. The van der Waals surface area contributed by atoms with E-state index in [2.05, 4.69) is 0 Å². The summed E-state index contributed by atoms with van der Waals surface area (Å²) < 4.78 is 4.93. The molecule has 0 aromatic heterocycles. The molecule has 0 aliphatic heterocycles. The van der Waals surface area contributed by atoms with E-state index in [1.54, 1.807) is 6.92 Å². The van der Waals surface area contributed by atoms with Gasteiger partial charge in [-0.25, -0.2) is 4.79 Å². The molecular formula is C7H14O4. The van der Waals surface area contributed by atoms with E-state index in [9.17, 15) is 4.79 Å². The summed E-state index contributed by atoms with van der Waals surface area (Å²) in [6.45, 7) is 2.09. The van der Waals surface area contributed by atoms with E-state index >= 15 is 0 Å². The van der Waals surface area contributed by atoms with Crippen molar-refractivity contribution >= 4 is 5.97 Å². The normalized spacial score (nSPS) is 12.9. The number of hydrogen-bond acceptors (Lipinski definition) is 3. The summed E-state index contributed by atoms with van der Waals surface area (Å²) in [6, 6.07) is 0. The molecule has 0 rings (SSSR count). The number of aliphatic carboxylic acids is 1. The number of aliphatic hydroxyl groups excluding tert-OH is 1. The van der Waals surface area contributed by atoms with Crippen LogP contribution in [0, 0.1) is 0 Å². The highest BCUT2D eigenvalue weighted by Crippen LogP contribution is 1.98. The molecule has 0 saturated heterocycles. The summed E-state index contributed by atoms with van der Waals surface area (Å²) in [5, 5.41) is 16.8. The van der Waals surface area contributed by atoms with Gasteiger partial charge in [-0.1, -0.05) is 6.92 Å². The highest BCUT2D eigenvalue weighted by atomic mass is 16.5. The third kappa shape index (κ3) is 4.75. The van der Waals surface area contributed by atoms with Crippen LogP contribution in [0.3, 0.4) is 0 Å². The van der Waals surface area contributed by atoms with Crippen LogP contribution in [0.4, 0.5) is 0 Å². The van der Waals surface area contributed by atoms with Gasteiger partial charge < -0.3 is 14.9 Å². The molecule has 0 heterocycles. The van der Waals surface area contributed by atoms with Gasteiger partial charge in [0, 0.05) is 13.2 Å². The van der Waals surface area contributed by atoms with Crippen LogP contribution in [-0.2, 0) is 9.53 Å². The largest absolute Gasteiger partial charge is 0.479 e. The molecule has 0 aromatic carbocycles. The second-order valence-electron chi connectivity index (χ2n) is 2.18. The zero-order valence-corrected chi connectivity index (χ0v) is 6.62. The molecule has 11 heavy (non-hydrogen) atoms. The van der Waals surface area contributed by atoms with Crippen LogP contribution in [0.25, 0.3) is 0 Å². The van der Waals surface area contributed by atoms with E-state index in [4.69, 9.17) is 14.9 Å². The van der Waals surface area contributed by atoms with Gasteiger partial charge in [0.2, 0.25) is 0 Å². The average Bonchev–Trinajstić information content (AvgIpc) is 1.97. The Morgan fingerprint density at radius 2 is 2.27 bits per heavy atom. The molecule has 0 aliphatic rings. The van der Waals surface area contributed by atoms with Gasteiger partial charge in [0.15, 0.2) is 6.10 Å². The van der Waals surface area contributed by atoms with E-state index in [-0.39, 0.29) is 6.61 Å². The van der Waals surface area contributed by atoms with Crippen LogP contribution in [0.15, 0.2) is 0 Å². The van der Waals surface area contributed by atoms with Crippen LogP contribution in [0.2, 0.25) is 0 Å². The lowest BCUT2D eigenvalue weighted by molar-refractivity contribution is -0.150. The Morgan fingerprint density at radius 1 is 1.64 bits per heavy atom. The van der Waals surface area contributed by atoms with E-state index in [0.717, 1.165) is 0 Å². The Hall–Kier alpha value is -0.610. The quantitative estimate of drug-likeness (QED) is 0.549. The van der Waals surface area contributed by atoms with Crippen molar-refractivity contribution in [3.8, 4) is 0 Å². The molecule has 0 amide bonds. The Balaban J connectivity index is 3.44. The second kappa shape index (κ2) is 6.12. The molecule has 0 radical (unpaired) electrons. The SMILES string of the molecule is CCC(OCCCO)C(=O)O. The summed E-state index contributed by atoms with van der Waals surface area (Å²) in [5.41, 5.74) is 0. The van der Waals surface area contributed by atoms with E-state index in [1.807, 2.05) is 0 Å². The lowest BCUT2D eigenvalue weighted by atomic mass is 10.3. The molecule has 0 bridgehead atoms. The molecule has 2 N–H and O–H groups in total. The van der Waals surface area contributed by atoms with Crippen molar-refractivity contribution in [2.45, 2.75) is 25.9 Å². The molecule has 0 spiro atoms. The number of aliphatic hydroxyl groups is 1. The zero-order chi connectivity index (χ0) is 8.69. The average molecular weight is 162 g/mol. The molecule has 0 aliphatic carbocycles. The van der Waals surface area contributed by atoms with E-state index in [1.165, 1.54) is 0 Å². The summed E-state index contributed by atoms with van der Waals surface area (Å²) >= 11 is 0. The molecule has 0 aromatic rings. The Kier molecular flexibility index (Phi) is 5.78. The maximum atomic E-state index is 10.3. The van der Waals surface area contributed by atoms with Gasteiger partial charge >= 0.3 is 5.97 Å². The number of carboxylic acid groups (broad SMARTS) is 1. The smallest absolute Gasteiger partial charge is 0.332 e. The molecule has 1 atom stereocenters. The topological polar surface area (TPSA) is 66.8 Å². The minimum absolute atomic E-state index is 0.0378. The third-order valence-corrected chi connectivity index (χ3v) is 1.27. The predicted molar refractivity (Wildman–Crippen MR) is 39.4 cm³/mol. The second-order valence-corrected chi connectivity index (χ2v) is 2.18. The van der Waals surface area contributed by atoms with Crippen LogP contribution in [0.5, 0.6) is 0 Å². The standard InChI is InChI=1S/C7H14O4/c1-2-6(7(9)10)11-5-3-4-8/h6,8H,2-5H2,1H3,(H,9,10). The molecule has 66 valence electrons. The van der Waals surface area contributed by atoms with Crippen molar-refractivity contribution in [1.82, 2.24) is 0 Å². The monoisotopic (exact) mass is 162 g/mol. The number of carboxylic acids is 1. The minimum atomic E-state index is -0.939. The highest BCUT2D eigenvalue weighted by molar-refractivity contribution is 5.72. The van der Waals surface area contributed by atoms with Gasteiger partial charge in [0.25, 0.3) is 0 Å². The summed E-state index contributed by atoms with van der Waals surface area (Å²) in [6.07, 6.45) is 0.228. The Labute approximate surface area is 65.8 Å². The van der Waals surface area contributed by atoms with Crippen LogP contribution < -0.4 is 0 Å². The summed E-state index contributed by atoms with van der Waals surface area (Å²) in [4.78, 5) is 10.3. The highest BCUT2D eigenvalue weighted by Gasteiger charge is 2.14. The Bertz CT molecular complexity index is 113. The van der Waals surface area contributed by atoms with E-state index < -0.39 is 12.1 Å². The maximum Gasteiger partial charge on any atom is 0.332 e. The fourth-order valence-electron chi connectivity index (χ4n) is 0.654. The van der Waals surface area contributed by atoms with Gasteiger partial charge in [-0.3, -0.25) is 0 Å². The van der Waals surface area contributed by atoms with Crippen LogP contribution in [-0.4, -0.2) is 35.5 Å². The first-order chi connectivity index (χ1) is 5.22. The van der Waals surface area contributed by atoms with Gasteiger partial charge in [-0.05, 0) is 12.8 Å². The first kappa shape index (κ1) is 10.4. The Morgan fingerprint density at radius 3 is 2.64 bits per heavy atom. The van der Waals surface area contributed by atoms with Gasteiger partial charge in [-0.2, -0.15) is 0 Å². The fourth-order valence-corrected chi connectivity index (χ4v) is 0.654. The first-order valence-corrected chi connectivity index (χ1v) is 3.67. The maximum absolute atomic E-state index is 10.3.